The van der Waals surface area contributed by atoms with Gasteiger partial charge in [0.1, 0.15) is 0 Å². The van der Waals surface area contributed by atoms with E-state index >= 15 is 0 Å². The van der Waals surface area contributed by atoms with Crippen molar-refractivity contribution < 1.29 is 4.79 Å². The Morgan fingerprint density at radius 1 is 1.37 bits per heavy atom. The molecule has 0 spiro atoms. The van der Waals surface area contributed by atoms with E-state index < -0.39 is 0 Å². The number of aryl methyl sites for hydroxylation is 1. The predicted octanol–water partition coefficient (Wildman–Crippen LogP) is 3.35. The maximum Gasteiger partial charge on any atom is 0.166 e. The lowest BCUT2D eigenvalue weighted by molar-refractivity contribution is -0.115. The zero-order chi connectivity index (χ0) is 14.0. The fourth-order valence-corrected chi connectivity index (χ4v) is 2.59. The average molecular weight is 277 g/mol. The molecule has 0 aromatic heterocycles. The lowest BCUT2D eigenvalue weighted by Crippen LogP contribution is -2.23. The number of halogens is 1. The van der Waals surface area contributed by atoms with Crippen molar-refractivity contribution in [1.29, 1.82) is 5.41 Å². The number of hydrogen-bond donors (Lipinski definition) is 2. The van der Waals surface area contributed by atoms with Gasteiger partial charge in [-0.15, -0.1) is 0 Å². The van der Waals surface area contributed by atoms with Crippen LogP contribution in [0.15, 0.2) is 23.8 Å². The summed E-state index contributed by atoms with van der Waals surface area (Å²) in [6.07, 6.45) is 1.92. The minimum atomic E-state index is 0.0261. The van der Waals surface area contributed by atoms with E-state index in [-0.39, 0.29) is 5.78 Å². The normalized spacial score (nSPS) is 18.5. The maximum atomic E-state index is 12.1. The Labute approximate surface area is 118 Å². The topological polar surface area (TPSA) is 53.0 Å². The smallest absolute Gasteiger partial charge is 0.166 e. The molecule has 1 aromatic carbocycles. The first-order valence-electron chi connectivity index (χ1n) is 6.34. The molecule has 0 radical (unpaired) electrons. The highest BCUT2D eigenvalue weighted by molar-refractivity contribution is 6.34. The van der Waals surface area contributed by atoms with Crippen molar-refractivity contribution in [2.24, 2.45) is 0 Å². The van der Waals surface area contributed by atoms with Crippen LogP contribution in [0.3, 0.4) is 0 Å². The summed E-state index contributed by atoms with van der Waals surface area (Å²) >= 11 is 6.33. The molecule has 1 fully saturated rings. The van der Waals surface area contributed by atoms with Gasteiger partial charge in [-0.2, -0.15) is 0 Å². The van der Waals surface area contributed by atoms with Crippen LogP contribution in [0.5, 0.6) is 0 Å². The summed E-state index contributed by atoms with van der Waals surface area (Å²) in [7, 11) is 1.76. The Bertz CT molecular complexity index is 558. The third-order valence-electron chi connectivity index (χ3n) is 3.37. The van der Waals surface area contributed by atoms with E-state index in [4.69, 9.17) is 17.0 Å². The minimum Gasteiger partial charge on any atom is -0.387 e. The average Bonchev–Trinajstić information content (AvgIpc) is 2.38. The summed E-state index contributed by atoms with van der Waals surface area (Å²) < 4.78 is 0. The van der Waals surface area contributed by atoms with Gasteiger partial charge in [0.2, 0.25) is 0 Å². The van der Waals surface area contributed by atoms with Crippen LogP contribution in [0.25, 0.3) is 5.70 Å². The molecule has 1 aliphatic rings. The number of carbonyl (C=O) groups excluding carboxylic acids is 1. The highest BCUT2D eigenvalue weighted by Gasteiger charge is 2.25. The van der Waals surface area contributed by atoms with Crippen LogP contribution < -0.4 is 5.32 Å². The van der Waals surface area contributed by atoms with Crippen LogP contribution in [0.2, 0.25) is 5.02 Å². The second-order valence-corrected chi connectivity index (χ2v) is 5.07. The molecule has 1 aromatic rings. The summed E-state index contributed by atoms with van der Waals surface area (Å²) in [5.74, 6) is 0.0261. The van der Waals surface area contributed by atoms with Crippen LogP contribution in [-0.2, 0) is 4.79 Å². The lowest BCUT2D eigenvalue weighted by atomic mass is 9.88. The molecule has 0 unspecified atom stereocenters. The van der Waals surface area contributed by atoms with Gasteiger partial charge in [0.05, 0.1) is 16.3 Å². The van der Waals surface area contributed by atoms with Crippen LogP contribution >= 0.6 is 11.6 Å². The molecule has 2 N–H and O–H groups in total. The van der Waals surface area contributed by atoms with Crippen LogP contribution in [-0.4, -0.2) is 18.5 Å². The molecule has 0 saturated heterocycles. The molecule has 3 nitrogen and oxygen atoms in total. The first-order chi connectivity index (χ1) is 9.06. The second-order valence-electron chi connectivity index (χ2n) is 4.69. The number of ketones is 1. The molecule has 4 heteroatoms. The van der Waals surface area contributed by atoms with E-state index in [0.29, 0.717) is 34.8 Å². The largest absolute Gasteiger partial charge is 0.387 e. The van der Waals surface area contributed by atoms with Gasteiger partial charge in [-0.1, -0.05) is 29.8 Å². The zero-order valence-electron chi connectivity index (χ0n) is 11.1. The highest BCUT2D eigenvalue weighted by atomic mass is 35.5. The molecular formula is C15H17ClN2O. The number of hydrogen-bond acceptors (Lipinski definition) is 3. The first-order valence-corrected chi connectivity index (χ1v) is 6.72. The molecule has 100 valence electrons. The molecule has 0 aliphatic heterocycles. The van der Waals surface area contributed by atoms with Gasteiger partial charge in [0.15, 0.2) is 5.78 Å². The molecule has 0 bridgehead atoms. The Morgan fingerprint density at radius 2 is 2.11 bits per heavy atom. The molecule has 0 atom stereocenters. The molecule has 1 aliphatic carbocycles. The van der Waals surface area contributed by atoms with E-state index in [1.807, 2.05) is 25.1 Å². The Morgan fingerprint density at radius 3 is 2.74 bits per heavy atom. The lowest BCUT2D eigenvalue weighted by Gasteiger charge is -2.20. The fraction of sp³-hybridized carbons (Fsp3) is 0.333. The van der Waals surface area contributed by atoms with Crippen molar-refractivity contribution >= 4 is 28.8 Å². The highest BCUT2D eigenvalue weighted by Crippen LogP contribution is 2.30. The molecular weight excluding hydrogens is 260 g/mol. The summed E-state index contributed by atoms with van der Waals surface area (Å²) in [5, 5.41) is 11.7. The van der Waals surface area contributed by atoms with Crippen LogP contribution in [0.1, 0.15) is 30.4 Å². The zero-order valence-corrected chi connectivity index (χ0v) is 11.9. The second kappa shape index (κ2) is 5.57. The van der Waals surface area contributed by atoms with E-state index in [2.05, 4.69) is 5.32 Å². The number of nitrogens with one attached hydrogen (secondary N) is 2. The number of rotatable bonds is 2. The monoisotopic (exact) mass is 276 g/mol. The standard InChI is InChI=1S/C15H17ClN2O/c1-9-5-3-6-10(14(9)16)15(18-2)13-11(17)7-4-8-12(13)19/h3,5-6,17-18H,4,7-8H2,1-2H3/b15-13+,17-11?. The molecule has 0 heterocycles. The van der Waals surface area contributed by atoms with E-state index in [1.54, 1.807) is 7.05 Å². The Kier molecular flexibility index (Phi) is 4.05. The third-order valence-corrected chi connectivity index (χ3v) is 3.87. The van der Waals surface area contributed by atoms with Crippen molar-refractivity contribution in [1.82, 2.24) is 5.32 Å². The fourth-order valence-electron chi connectivity index (χ4n) is 2.37. The van der Waals surface area contributed by atoms with Gasteiger partial charge in [-0.25, -0.2) is 0 Å². The third kappa shape index (κ3) is 2.56. The SMILES string of the molecule is CN/C(=C1\C(=N)CCCC1=O)c1cccc(C)c1Cl. The van der Waals surface area contributed by atoms with Crippen molar-refractivity contribution in [3.8, 4) is 0 Å². The van der Waals surface area contributed by atoms with Crippen LogP contribution in [0, 0.1) is 12.3 Å². The van der Waals surface area contributed by atoms with Gasteiger partial charge < -0.3 is 10.7 Å². The minimum absolute atomic E-state index is 0.0261. The predicted molar refractivity (Wildman–Crippen MR) is 78.8 cm³/mol. The molecule has 2 rings (SSSR count). The van der Waals surface area contributed by atoms with Gasteiger partial charge >= 0.3 is 0 Å². The van der Waals surface area contributed by atoms with Crippen molar-refractivity contribution in [2.45, 2.75) is 26.2 Å². The van der Waals surface area contributed by atoms with Crippen molar-refractivity contribution in [3.63, 3.8) is 0 Å². The number of Topliss-reactive ketones (excluding diaryl/α,β-unsaturated/α-hetero) is 1. The van der Waals surface area contributed by atoms with Gasteiger partial charge in [0.25, 0.3) is 0 Å². The van der Waals surface area contributed by atoms with E-state index in [0.717, 1.165) is 17.5 Å². The van der Waals surface area contributed by atoms with E-state index in [1.165, 1.54) is 0 Å². The first kappa shape index (κ1) is 13.8. The summed E-state index contributed by atoms with van der Waals surface area (Å²) in [6.45, 7) is 1.93. The Hall–Kier alpha value is -1.61. The van der Waals surface area contributed by atoms with Crippen LogP contribution in [0.4, 0.5) is 0 Å². The maximum absolute atomic E-state index is 12.1. The van der Waals surface area contributed by atoms with Gasteiger partial charge in [-0.05, 0) is 25.3 Å². The van der Waals surface area contributed by atoms with Gasteiger partial charge in [0, 0.05) is 24.7 Å². The Balaban J connectivity index is 2.63. The molecule has 1 saturated carbocycles. The summed E-state index contributed by atoms with van der Waals surface area (Å²) in [6, 6.07) is 5.71. The number of benzene rings is 1. The van der Waals surface area contributed by atoms with Crippen molar-refractivity contribution in [3.05, 3.63) is 39.9 Å². The quantitative estimate of drug-likeness (QED) is 0.814. The summed E-state index contributed by atoms with van der Waals surface area (Å²) in [5.41, 5.74) is 3.31. The van der Waals surface area contributed by atoms with Gasteiger partial charge in [-0.3, -0.25) is 4.79 Å². The number of carbonyl (C=O) groups is 1. The molecule has 19 heavy (non-hydrogen) atoms. The molecule has 0 amide bonds. The summed E-state index contributed by atoms with van der Waals surface area (Å²) in [4.78, 5) is 12.1. The van der Waals surface area contributed by atoms with Crippen molar-refractivity contribution in [2.75, 3.05) is 7.05 Å². The van der Waals surface area contributed by atoms with E-state index in [9.17, 15) is 4.79 Å². The number of allylic oxidation sites excluding steroid dienone is 1.